The van der Waals surface area contributed by atoms with Crippen LogP contribution in [0.4, 0.5) is 20.5 Å². The van der Waals surface area contributed by atoms with Gasteiger partial charge in [-0.2, -0.15) is 4.98 Å². The normalized spacial score (nSPS) is 10.7. The Morgan fingerprint density at radius 3 is 2.80 bits per heavy atom. The van der Waals surface area contributed by atoms with E-state index in [2.05, 4.69) is 9.97 Å². The molecule has 0 aromatic carbocycles. The number of hydrogen-bond acceptors (Lipinski definition) is 5. The van der Waals surface area contributed by atoms with E-state index in [1.807, 2.05) is 0 Å². The summed E-state index contributed by atoms with van der Waals surface area (Å²) in [7, 11) is 0. The lowest BCUT2D eigenvalue weighted by Gasteiger charge is -2.21. The highest BCUT2D eigenvalue weighted by Crippen LogP contribution is 2.12. The van der Waals surface area contributed by atoms with Crippen LogP contribution in [0.5, 0.6) is 0 Å². The van der Waals surface area contributed by atoms with Crippen LogP contribution < -0.4 is 10.6 Å². The molecular formula is C8H12F2N4O. The minimum atomic E-state index is -2.49. The zero-order chi connectivity index (χ0) is 11.3. The number of alkyl halides is 2. The molecule has 1 aromatic rings. The molecule has 15 heavy (non-hydrogen) atoms. The van der Waals surface area contributed by atoms with Crippen LogP contribution in [-0.4, -0.2) is 41.2 Å². The maximum Gasteiger partial charge on any atom is 0.255 e. The van der Waals surface area contributed by atoms with Crippen LogP contribution in [0.1, 0.15) is 0 Å². The summed E-state index contributed by atoms with van der Waals surface area (Å²) in [6, 6.07) is 1.47. The quantitative estimate of drug-likeness (QED) is 0.734. The van der Waals surface area contributed by atoms with Crippen molar-refractivity contribution in [2.24, 2.45) is 0 Å². The first kappa shape index (κ1) is 11.6. The third-order valence-corrected chi connectivity index (χ3v) is 1.71. The first-order chi connectivity index (χ1) is 7.13. The van der Waals surface area contributed by atoms with Crippen LogP contribution in [0.25, 0.3) is 0 Å². The van der Waals surface area contributed by atoms with Crippen LogP contribution in [-0.2, 0) is 0 Å². The van der Waals surface area contributed by atoms with E-state index in [0.717, 1.165) is 0 Å². The summed E-state index contributed by atoms with van der Waals surface area (Å²) in [6.45, 7) is -0.631. The molecule has 0 saturated heterocycles. The Labute approximate surface area is 85.6 Å². The molecule has 0 atom stereocenters. The molecule has 0 unspecified atom stereocenters. The summed E-state index contributed by atoms with van der Waals surface area (Å²) in [5.41, 5.74) is 5.32. The molecule has 84 valence electrons. The lowest BCUT2D eigenvalue weighted by Crippen LogP contribution is -2.32. The van der Waals surface area contributed by atoms with Gasteiger partial charge in [-0.05, 0) is 6.07 Å². The number of aliphatic hydroxyl groups excluding tert-OH is 1. The number of anilines is 2. The van der Waals surface area contributed by atoms with E-state index < -0.39 is 13.0 Å². The minimum absolute atomic E-state index is 0.0182. The first-order valence-corrected chi connectivity index (χ1v) is 4.36. The Morgan fingerprint density at radius 2 is 2.27 bits per heavy atom. The van der Waals surface area contributed by atoms with Crippen molar-refractivity contribution in [3.8, 4) is 0 Å². The molecule has 0 bridgehead atoms. The lowest BCUT2D eigenvalue weighted by atomic mass is 10.4. The van der Waals surface area contributed by atoms with Crippen molar-refractivity contribution in [3.63, 3.8) is 0 Å². The van der Waals surface area contributed by atoms with E-state index in [4.69, 9.17) is 10.8 Å². The smallest absolute Gasteiger partial charge is 0.255 e. The summed E-state index contributed by atoms with van der Waals surface area (Å²) in [6.07, 6.45) is -1.11. The van der Waals surface area contributed by atoms with Gasteiger partial charge < -0.3 is 15.7 Å². The predicted molar refractivity (Wildman–Crippen MR) is 51.7 cm³/mol. The van der Waals surface area contributed by atoms with Crippen molar-refractivity contribution < 1.29 is 13.9 Å². The first-order valence-electron chi connectivity index (χ1n) is 4.36. The average molecular weight is 218 g/mol. The highest BCUT2D eigenvalue weighted by molar-refractivity contribution is 5.40. The van der Waals surface area contributed by atoms with Gasteiger partial charge in [-0.15, -0.1) is 0 Å². The number of hydrogen-bond donors (Lipinski definition) is 2. The fraction of sp³-hybridized carbons (Fsp3) is 0.500. The van der Waals surface area contributed by atoms with Crippen molar-refractivity contribution in [3.05, 3.63) is 12.3 Å². The van der Waals surface area contributed by atoms with Crippen LogP contribution in [0.3, 0.4) is 0 Å². The van der Waals surface area contributed by atoms with Crippen LogP contribution in [0.15, 0.2) is 12.3 Å². The number of nitrogens with zero attached hydrogens (tertiary/aromatic N) is 3. The highest BCUT2D eigenvalue weighted by atomic mass is 19.3. The SMILES string of the molecule is Nc1nccc(N(CCO)CC(F)F)n1. The number of nitrogens with two attached hydrogens (primary N) is 1. The summed E-state index contributed by atoms with van der Waals surface area (Å²) in [5.74, 6) is 0.307. The average Bonchev–Trinajstić information content (AvgIpc) is 2.16. The van der Waals surface area contributed by atoms with E-state index >= 15 is 0 Å². The van der Waals surface area contributed by atoms with Gasteiger partial charge in [0.15, 0.2) is 0 Å². The fourth-order valence-corrected chi connectivity index (χ4v) is 1.13. The van der Waals surface area contributed by atoms with E-state index in [1.165, 1.54) is 17.2 Å². The van der Waals surface area contributed by atoms with E-state index in [-0.39, 0.29) is 24.9 Å². The van der Waals surface area contributed by atoms with Crippen LogP contribution in [0.2, 0.25) is 0 Å². The number of aromatic nitrogens is 2. The van der Waals surface area contributed by atoms with Crippen molar-refractivity contribution in [1.82, 2.24) is 9.97 Å². The Bertz CT molecular complexity index is 310. The van der Waals surface area contributed by atoms with Gasteiger partial charge in [-0.3, -0.25) is 0 Å². The maximum atomic E-state index is 12.2. The van der Waals surface area contributed by atoms with E-state index in [9.17, 15) is 8.78 Å². The molecule has 0 aliphatic carbocycles. The van der Waals surface area contributed by atoms with Crippen molar-refractivity contribution in [1.29, 1.82) is 0 Å². The van der Waals surface area contributed by atoms with Gasteiger partial charge in [0.2, 0.25) is 5.95 Å². The minimum Gasteiger partial charge on any atom is -0.395 e. The molecule has 7 heteroatoms. The summed E-state index contributed by atoms with van der Waals surface area (Å²) < 4.78 is 24.4. The van der Waals surface area contributed by atoms with Crippen LogP contribution in [0, 0.1) is 0 Å². The third-order valence-electron chi connectivity index (χ3n) is 1.71. The second-order valence-corrected chi connectivity index (χ2v) is 2.83. The molecule has 1 heterocycles. The molecule has 5 nitrogen and oxygen atoms in total. The van der Waals surface area contributed by atoms with Gasteiger partial charge in [-0.25, -0.2) is 13.8 Å². The second kappa shape index (κ2) is 5.40. The molecular weight excluding hydrogens is 206 g/mol. The Hall–Kier alpha value is -1.50. The zero-order valence-electron chi connectivity index (χ0n) is 7.98. The summed E-state index contributed by atoms with van der Waals surface area (Å²) >= 11 is 0. The molecule has 1 aromatic heterocycles. The molecule has 0 fully saturated rings. The summed E-state index contributed by atoms with van der Waals surface area (Å²) in [5, 5.41) is 8.72. The van der Waals surface area contributed by atoms with E-state index in [1.54, 1.807) is 0 Å². The largest absolute Gasteiger partial charge is 0.395 e. The van der Waals surface area contributed by atoms with Gasteiger partial charge >= 0.3 is 0 Å². The van der Waals surface area contributed by atoms with Gasteiger partial charge in [-0.1, -0.05) is 0 Å². The van der Waals surface area contributed by atoms with Gasteiger partial charge in [0, 0.05) is 12.7 Å². The summed E-state index contributed by atoms with van der Waals surface area (Å²) in [4.78, 5) is 8.70. The third kappa shape index (κ3) is 3.62. The molecule has 0 radical (unpaired) electrons. The standard InChI is InChI=1S/C8H12F2N4O/c9-6(10)5-14(3-4-15)7-1-2-12-8(11)13-7/h1-2,6,15H,3-5H2,(H2,11,12,13). The molecule has 1 rings (SSSR count). The van der Waals surface area contributed by atoms with Crippen molar-refractivity contribution in [2.45, 2.75) is 6.43 Å². The monoisotopic (exact) mass is 218 g/mol. The maximum absolute atomic E-state index is 12.2. The van der Waals surface area contributed by atoms with Gasteiger partial charge in [0.1, 0.15) is 5.82 Å². The number of rotatable bonds is 5. The zero-order valence-corrected chi connectivity index (χ0v) is 7.98. The molecule has 0 spiro atoms. The molecule has 3 N–H and O–H groups in total. The Balaban J connectivity index is 2.78. The van der Waals surface area contributed by atoms with Crippen molar-refractivity contribution >= 4 is 11.8 Å². The number of aliphatic hydroxyl groups is 1. The van der Waals surface area contributed by atoms with Gasteiger partial charge in [0.05, 0.1) is 13.2 Å². The Kier molecular flexibility index (Phi) is 4.17. The topological polar surface area (TPSA) is 75.3 Å². The predicted octanol–water partition coefficient (Wildman–Crippen LogP) is 0.123. The Morgan fingerprint density at radius 1 is 1.53 bits per heavy atom. The molecule has 0 saturated carbocycles. The van der Waals surface area contributed by atoms with Gasteiger partial charge in [0.25, 0.3) is 6.43 Å². The molecule has 0 aliphatic heterocycles. The number of halogens is 2. The van der Waals surface area contributed by atoms with Crippen LogP contribution >= 0.6 is 0 Å². The second-order valence-electron chi connectivity index (χ2n) is 2.83. The highest BCUT2D eigenvalue weighted by Gasteiger charge is 2.13. The number of nitrogen functional groups attached to an aromatic ring is 1. The molecule has 0 amide bonds. The van der Waals surface area contributed by atoms with Crippen molar-refractivity contribution in [2.75, 3.05) is 30.3 Å². The molecule has 0 aliphatic rings. The fourth-order valence-electron chi connectivity index (χ4n) is 1.13. The van der Waals surface area contributed by atoms with E-state index in [0.29, 0.717) is 0 Å². The lowest BCUT2D eigenvalue weighted by molar-refractivity contribution is 0.152.